The summed E-state index contributed by atoms with van der Waals surface area (Å²) in [6.07, 6.45) is -0.444. The van der Waals surface area contributed by atoms with Gasteiger partial charge in [0.25, 0.3) is 5.92 Å². The van der Waals surface area contributed by atoms with Crippen LogP contribution in [0.4, 0.5) is 8.78 Å². The summed E-state index contributed by atoms with van der Waals surface area (Å²) in [6, 6.07) is 0. The predicted octanol–water partition coefficient (Wildman–Crippen LogP) is 1.70. The standard InChI is InChI=1S/C10H17F2NO2/c1-6(7(14)15-8(2,3)4)9(13)5-10(9,11)12/h6H,5,13H2,1-4H3. The quantitative estimate of drug-likeness (QED) is 0.722. The molecule has 1 rings (SSSR count). The second-order valence-electron chi connectivity index (χ2n) is 5.18. The van der Waals surface area contributed by atoms with E-state index < -0.39 is 35.4 Å². The molecular weight excluding hydrogens is 204 g/mol. The Balaban J connectivity index is 2.64. The maximum atomic E-state index is 12.9. The van der Waals surface area contributed by atoms with Crippen LogP contribution in [0.3, 0.4) is 0 Å². The van der Waals surface area contributed by atoms with Crippen LogP contribution < -0.4 is 5.73 Å². The summed E-state index contributed by atoms with van der Waals surface area (Å²) < 4.78 is 30.8. The molecule has 5 heteroatoms. The third-order valence-electron chi connectivity index (χ3n) is 2.60. The molecule has 0 amide bonds. The normalized spacial score (nSPS) is 30.9. The maximum Gasteiger partial charge on any atom is 0.311 e. The molecular formula is C10H17F2NO2. The highest BCUT2D eigenvalue weighted by atomic mass is 19.3. The van der Waals surface area contributed by atoms with Crippen LogP contribution in [0.1, 0.15) is 34.1 Å². The van der Waals surface area contributed by atoms with Gasteiger partial charge in [-0.1, -0.05) is 0 Å². The summed E-state index contributed by atoms with van der Waals surface area (Å²) in [5, 5.41) is 0. The summed E-state index contributed by atoms with van der Waals surface area (Å²) in [7, 11) is 0. The molecule has 1 fully saturated rings. The zero-order chi connectivity index (χ0) is 12.1. The van der Waals surface area contributed by atoms with Crippen LogP contribution in [0, 0.1) is 5.92 Å². The first kappa shape index (κ1) is 12.4. The molecule has 0 aromatic carbocycles. The van der Waals surface area contributed by atoms with E-state index in [-0.39, 0.29) is 0 Å². The SMILES string of the molecule is CC(C(=O)OC(C)(C)C)C1(N)CC1(F)F. The van der Waals surface area contributed by atoms with Gasteiger partial charge in [-0.2, -0.15) is 0 Å². The van der Waals surface area contributed by atoms with Crippen molar-refractivity contribution in [3.8, 4) is 0 Å². The van der Waals surface area contributed by atoms with Crippen molar-refractivity contribution in [3.63, 3.8) is 0 Å². The average Bonchev–Trinajstić information content (AvgIpc) is 2.47. The largest absolute Gasteiger partial charge is 0.460 e. The van der Waals surface area contributed by atoms with E-state index in [2.05, 4.69) is 0 Å². The summed E-state index contributed by atoms with van der Waals surface area (Å²) in [5.74, 6) is -4.59. The van der Waals surface area contributed by atoms with Crippen LogP contribution in [0.15, 0.2) is 0 Å². The first-order valence-corrected chi connectivity index (χ1v) is 4.89. The van der Waals surface area contributed by atoms with Gasteiger partial charge in [-0.3, -0.25) is 4.79 Å². The molecule has 0 aliphatic heterocycles. The molecule has 3 nitrogen and oxygen atoms in total. The molecule has 1 aliphatic rings. The van der Waals surface area contributed by atoms with Gasteiger partial charge in [0.05, 0.1) is 11.5 Å². The lowest BCUT2D eigenvalue weighted by Crippen LogP contribution is -2.43. The first-order valence-electron chi connectivity index (χ1n) is 4.89. The molecule has 0 radical (unpaired) electrons. The molecule has 88 valence electrons. The maximum absolute atomic E-state index is 12.9. The van der Waals surface area contributed by atoms with E-state index in [1.807, 2.05) is 0 Å². The molecule has 2 atom stereocenters. The van der Waals surface area contributed by atoms with E-state index in [9.17, 15) is 13.6 Å². The molecule has 1 aliphatic carbocycles. The minimum Gasteiger partial charge on any atom is -0.460 e. The number of esters is 1. The van der Waals surface area contributed by atoms with Crippen molar-refractivity contribution in [2.45, 2.75) is 51.2 Å². The second-order valence-corrected chi connectivity index (χ2v) is 5.18. The number of ether oxygens (including phenoxy) is 1. The van der Waals surface area contributed by atoms with Gasteiger partial charge in [0, 0.05) is 6.42 Å². The second kappa shape index (κ2) is 3.14. The number of carbonyl (C=O) groups excluding carboxylic acids is 1. The van der Waals surface area contributed by atoms with Crippen molar-refractivity contribution in [2.24, 2.45) is 11.7 Å². The minimum atomic E-state index is -2.94. The lowest BCUT2D eigenvalue weighted by Gasteiger charge is -2.25. The van der Waals surface area contributed by atoms with Gasteiger partial charge in [0.1, 0.15) is 5.60 Å². The molecule has 0 aromatic heterocycles. The number of halogens is 2. The molecule has 2 unspecified atom stereocenters. The Morgan fingerprint density at radius 1 is 1.47 bits per heavy atom. The number of rotatable bonds is 2. The van der Waals surface area contributed by atoms with Gasteiger partial charge in [0.2, 0.25) is 0 Å². The van der Waals surface area contributed by atoms with Crippen LogP contribution in [0.5, 0.6) is 0 Å². The Labute approximate surface area is 88.0 Å². The monoisotopic (exact) mass is 221 g/mol. The zero-order valence-corrected chi connectivity index (χ0v) is 9.43. The van der Waals surface area contributed by atoms with Crippen molar-refractivity contribution >= 4 is 5.97 Å². The van der Waals surface area contributed by atoms with Crippen LogP contribution in [-0.2, 0) is 9.53 Å². The number of hydrogen-bond acceptors (Lipinski definition) is 3. The molecule has 0 aromatic rings. The van der Waals surface area contributed by atoms with Gasteiger partial charge in [-0.15, -0.1) is 0 Å². The number of nitrogens with two attached hydrogens (primary N) is 1. The van der Waals surface area contributed by atoms with Crippen LogP contribution in [-0.4, -0.2) is 23.0 Å². The van der Waals surface area contributed by atoms with E-state index in [4.69, 9.17) is 10.5 Å². The molecule has 0 saturated heterocycles. The zero-order valence-electron chi connectivity index (χ0n) is 9.43. The van der Waals surface area contributed by atoms with Crippen molar-refractivity contribution in [2.75, 3.05) is 0 Å². The molecule has 2 N–H and O–H groups in total. The molecule has 0 bridgehead atoms. The van der Waals surface area contributed by atoms with Crippen LogP contribution >= 0.6 is 0 Å². The molecule has 0 heterocycles. The van der Waals surface area contributed by atoms with Crippen molar-refractivity contribution in [3.05, 3.63) is 0 Å². The molecule has 1 saturated carbocycles. The number of carbonyl (C=O) groups is 1. The van der Waals surface area contributed by atoms with E-state index >= 15 is 0 Å². The van der Waals surface area contributed by atoms with E-state index in [1.54, 1.807) is 20.8 Å². The van der Waals surface area contributed by atoms with Gasteiger partial charge in [-0.05, 0) is 27.7 Å². The Morgan fingerprint density at radius 2 is 1.87 bits per heavy atom. The van der Waals surface area contributed by atoms with Crippen molar-refractivity contribution < 1.29 is 18.3 Å². The van der Waals surface area contributed by atoms with E-state index in [1.165, 1.54) is 6.92 Å². The van der Waals surface area contributed by atoms with Crippen LogP contribution in [0.25, 0.3) is 0 Å². The highest BCUT2D eigenvalue weighted by Gasteiger charge is 2.73. The van der Waals surface area contributed by atoms with E-state index in [0.29, 0.717) is 0 Å². The first-order chi connectivity index (χ1) is 6.50. The third kappa shape index (κ3) is 2.27. The van der Waals surface area contributed by atoms with Gasteiger partial charge < -0.3 is 10.5 Å². The van der Waals surface area contributed by atoms with Gasteiger partial charge in [-0.25, -0.2) is 8.78 Å². The Bertz CT molecular complexity index is 286. The average molecular weight is 221 g/mol. The predicted molar refractivity (Wildman–Crippen MR) is 51.5 cm³/mol. The van der Waals surface area contributed by atoms with Gasteiger partial charge >= 0.3 is 5.97 Å². The Kier molecular flexibility index (Phi) is 2.59. The minimum absolute atomic E-state index is 0.444. The smallest absolute Gasteiger partial charge is 0.311 e. The topological polar surface area (TPSA) is 52.3 Å². The molecule has 15 heavy (non-hydrogen) atoms. The highest BCUT2D eigenvalue weighted by Crippen LogP contribution is 2.55. The number of alkyl halides is 2. The van der Waals surface area contributed by atoms with Crippen molar-refractivity contribution in [1.82, 2.24) is 0 Å². The fraction of sp³-hybridized carbons (Fsp3) is 0.900. The fourth-order valence-electron chi connectivity index (χ4n) is 1.39. The number of hydrogen-bond donors (Lipinski definition) is 1. The highest BCUT2D eigenvalue weighted by molar-refractivity contribution is 5.75. The van der Waals surface area contributed by atoms with E-state index in [0.717, 1.165) is 0 Å². The van der Waals surface area contributed by atoms with Crippen LogP contribution in [0.2, 0.25) is 0 Å². The fourth-order valence-corrected chi connectivity index (χ4v) is 1.39. The van der Waals surface area contributed by atoms with Crippen molar-refractivity contribution in [1.29, 1.82) is 0 Å². The Hall–Kier alpha value is -0.710. The Morgan fingerprint density at radius 3 is 2.13 bits per heavy atom. The molecule has 0 spiro atoms. The summed E-state index contributed by atoms with van der Waals surface area (Å²) in [6.45, 7) is 6.44. The lowest BCUT2D eigenvalue weighted by atomic mass is 10.00. The summed E-state index contributed by atoms with van der Waals surface area (Å²) >= 11 is 0. The third-order valence-corrected chi connectivity index (χ3v) is 2.60. The summed E-state index contributed by atoms with van der Waals surface area (Å²) in [5.41, 5.74) is 3.05. The van der Waals surface area contributed by atoms with Gasteiger partial charge in [0.15, 0.2) is 0 Å². The summed E-state index contributed by atoms with van der Waals surface area (Å²) in [4.78, 5) is 11.5. The lowest BCUT2D eigenvalue weighted by molar-refractivity contribution is -0.161.